The first-order valence-electron chi connectivity index (χ1n) is 15.0. The van der Waals surface area contributed by atoms with Gasteiger partial charge in [-0.1, -0.05) is 48.5 Å². The number of likely N-dealkylation sites (N-methyl/N-ethyl adjacent to an activating group) is 1. The number of nitrogens with zero attached hydrogens (tertiary/aromatic N) is 3. The number of phenolic OH excluding ortho intramolecular Hbond substituents is 1. The Morgan fingerprint density at radius 2 is 1.63 bits per heavy atom. The third-order valence-corrected chi connectivity index (χ3v) is 8.31. The lowest BCUT2D eigenvalue weighted by atomic mass is 9.91. The number of carboxylic acids is 1. The standard InChI is InChI=1S/C36H27F2N5O6/c1-43-15-14-41-33(43)23-17-20(49-36(35(45)46)24-8-4-2-6-21(24)22-7-3-5-9-25(22)36)11-13-28(23)47-31-26(37)18-42-34(30(31)38)48-29-16-19(32(39)40)10-12-27(29)44/h2-13,16-18,44H,14-15H2,1H3,(H3,39,40)(H,45,46). The Labute approximate surface area is 278 Å². The van der Waals surface area contributed by atoms with Gasteiger partial charge in [-0.3, -0.25) is 10.4 Å². The van der Waals surface area contributed by atoms with Gasteiger partial charge in [-0.15, -0.1) is 0 Å². The molecule has 5 aromatic rings. The van der Waals surface area contributed by atoms with Crippen molar-refractivity contribution in [2.45, 2.75) is 5.60 Å². The van der Waals surface area contributed by atoms with Gasteiger partial charge in [-0.2, -0.15) is 4.39 Å². The lowest BCUT2D eigenvalue weighted by Gasteiger charge is -2.29. The number of pyridine rings is 1. The number of amidine groups is 2. The van der Waals surface area contributed by atoms with Crippen LogP contribution in [0.4, 0.5) is 8.78 Å². The van der Waals surface area contributed by atoms with Crippen molar-refractivity contribution in [3.05, 3.63) is 125 Å². The van der Waals surface area contributed by atoms with Crippen molar-refractivity contribution in [2.24, 2.45) is 10.7 Å². The van der Waals surface area contributed by atoms with Gasteiger partial charge in [-0.05, 0) is 47.5 Å². The molecule has 11 nitrogen and oxygen atoms in total. The lowest BCUT2D eigenvalue weighted by molar-refractivity contribution is -0.152. The Bertz CT molecular complexity index is 2160. The molecule has 1 aromatic heterocycles. The summed E-state index contributed by atoms with van der Waals surface area (Å²) < 4.78 is 48.7. The fraction of sp³-hybridized carbons (Fsp3) is 0.111. The van der Waals surface area contributed by atoms with E-state index >= 15 is 8.78 Å². The summed E-state index contributed by atoms with van der Waals surface area (Å²) in [5, 5.41) is 28.6. The van der Waals surface area contributed by atoms with E-state index in [0.717, 1.165) is 11.1 Å². The highest BCUT2D eigenvalue weighted by Crippen LogP contribution is 2.50. The molecule has 13 heteroatoms. The van der Waals surface area contributed by atoms with Gasteiger partial charge in [0.05, 0.1) is 18.3 Å². The van der Waals surface area contributed by atoms with E-state index < -0.39 is 40.6 Å². The molecule has 49 heavy (non-hydrogen) atoms. The van der Waals surface area contributed by atoms with E-state index in [-0.39, 0.29) is 34.2 Å². The maximum absolute atomic E-state index is 15.8. The molecule has 0 fully saturated rings. The van der Waals surface area contributed by atoms with Crippen LogP contribution < -0.4 is 19.9 Å². The van der Waals surface area contributed by atoms with Crippen molar-refractivity contribution < 1.29 is 38.0 Å². The van der Waals surface area contributed by atoms with Crippen molar-refractivity contribution >= 4 is 17.6 Å². The van der Waals surface area contributed by atoms with Crippen LogP contribution in [0, 0.1) is 17.0 Å². The summed E-state index contributed by atoms with van der Waals surface area (Å²) in [5.74, 6) is -5.72. The number of rotatable bonds is 9. The SMILES string of the molecule is CN1CCN=C1c1cc(OC2(C(=O)O)c3ccccc3-c3ccccc32)ccc1Oc1c(F)cnc(Oc2cc(C(=N)N)ccc2O)c1F. The molecule has 0 saturated carbocycles. The molecule has 0 bridgehead atoms. The topological polar surface area (TPSA) is 164 Å². The molecule has 4 aromatic carbocycles. The van der Waals surface area contributed by atoms with E-state index in [4.69, 9.17) is 25.4 Å². The van der Waals surface area contributed by atoms with Gasteiger partial charge in [0, 0.05) is 30.3 Å². The van der Waals surface area contributed by atoms with Crippen LogP contribution in [-0.4, -0.2) is 57.9 Å². The zero-order chi connectivity index (χ0) is 34.4. The van der Waals surface area contributed by atoms with Gasteiger partial charge >= 0.3 is 5.97 Å². The number of hydrogen-bond acceptors (Lipinski definition) is 9. The summed E-state index contributed by atoms with van der Waals surface area (Å²) in [6.07, 6.45) is 0.696. The first-order chi connectivity index (χ1) is 23.6. The highest BCUT2D eigenvalue weighted by atomic mass is 19.1. The molecular weight excluding hydrogens is 636 g/mol. The second-order valence-corrected chi connectivity index (χ2v) is 11.3. The van der Waals surface area contributed by atoms with Gasteiger partial charge < -0.3 is 35.1 Å². The second-order valence-electron chi connectivity index (χ2n) is 11.3. The number of aromatic nitrogens is 1. The van der Waals surface area contributed by atoms with E-state index in [1.54, 1.807) is 31.3 Å². The van der Waals surface area contributed by atoms with E-state index in [1.807, 2.05) is 29.2 Å². The number of halogens is 2. The minimum Gasteiger partial charge on any atom is -0.504 e. The number of carbonyl (C=O) groups is 1. The number of fused-ring (bicyclic) bond motifs is 3. The number of nitrogens with two attached hydrogens (primary N) is 1. The lowest BCUT2D eigenvalue weighted by Crippen LogP contribution is -2.41. The smallest absolute Gasteiger partial charge is 0.357 e. The van der Waals surface area contributed by atoms with Gasteiger partial charge in [0.15, 0.2) is 17.3 Å². The average Bonchev–Trinajstić information content (AvgIpc) is 3.65. The van der Waals surface area contributed by atoms with Crippen LogP contribution in [0.25, 0.3) is 11.1 Å². The Morgan fingerprint density at radius 1 is 0.939 bits per heavy atom. The minimum absolute atomic E-state index is 0.0205. The van der Waals surface area contributed by atoms with E-state index in [9.17, 15) is 15.0 Å². The van der Waals surface area contributed by atoms with E-state index in [1.165, 1.54) is 36.4 Å². The molecule has 1 aliphatic heterocycles. The van der Waals surface area contributed by atoms with Crippen LogP contribution in [0.2, 0.25) is 0 Å². The minimum atomic E-state index is -1.89. The largest absolute Gasteiger partial charge is 0.504 e. The molecule has 0 spiro atoms. The van der Waals surface area contributed by atoms with Crippen LogP contribution >= 0.6 is 0 Å². The van der Waals surface area contributed by atoms with Crippen LogP contribution in [0.1, 0.15) is 22.3 Å². The molecule has 0 amide bonds. The number of ether oxygens (including phenoxy) is 3. The molecule has 0 radical (unpaired) electrons. The zero-order valence-electron chi connectivity index (χ0n) is 25.8. The monoisotopic (exact) mass is 663 g/mol. The maximum Gasteiger partial charge on any atom is 0.357 e. The fourth-order valence-electron chi connectivity index (χ4n) is 5.99. The van der Waals surface area contributed by atoms with Gasteiger partial charge in [0.25, 0.3) is 11.5 Å². The number of aliphatic carboxylic acids is 1. The van der Waals surface area contributed by atoms with Crippen molar-refractivity contribution in [1.29, 1.82) is 5.41 Å². The van der Waals surface area contributed by atoms with Crippen LogP contribution in [0.3, 0.4) is 0 Å². The van der Waals surface area contributed by atoms with Crippen LogP contribution in [0.15, 0.2) is 96.1 Å². The molecule has 0 atom stereocenters. The normalized spacial score (nSPS) is 14.1. The molecule has 5 N–H and O–H groups in total. The first-order valence-corrected chi connectivity index (χ1v) is 15.0. The highest BCUT2D eigenvalue weighted by Gasteiger charge is 2.52. The third-order valence-electron chi connectivity index (χ3n) is 8.31. The quantitative estimate of drug-likeness (QED) is 0.109. The number of carboxylic acid groups (broad SMARTS) is 1. The van der Waals surface area contributed by atoms with E-state index in [0.29, 0.717) is 36.2 Å². The van der Waals surface area contributed by atoms with Crippen molar-refractivity contribution in [2.75, 3.05) is 20.1 Å². The molecule has 0 unspecified atom stereocenters. The van der Waals surface area contributed by atoms with Crippen LogP contribution in [0.5, 0.6) is 34.6 Å². The number of benzene rings is 4. The molecule has 2 aliphatic rings. The predicted molar refractivity (Wildman–Crippen MR) is 175 cm³/mol. The Kier molecular flexibility index (Phi) is 7.58. The third kappa shape index (κ3) is 5.21. The number of nitrogen functional groups attached to an aromatic ring is 1. The number of aromatic hydroxyl groups is 1. The number of hydrogen-bond donors (Lipinski definition) is 4. The molecule has 246 valence electrons. The number of phenols is 1. The Balaban J connectivity index is 1.29. The molecular formula is C36H27F2N5O6. The van der Waals surface area contributed by atoms with Gasteiger partial charge in [0.2, 0.25) is 11.6 Å². The summed E-state index contributed by atoms with van der Waals surface area (Å²) in [6.45, 7) is 0.993. The number of aliphatic imine (C=N–C) groups is 1. The predicted octanol–water partition coefficient (Wildman–Crippen LogP) is 6.01. The summed E-state index contributed by atoms with van der Waals surface area (Å²) in [7, 11) is 1.78. The molecule has 0 saturated heterocycles. The molecule has 1 aliphatic carbocycles. The maximum atomic E-state index is 15.8. The second kappa shape index (κ2) is 11.9. The van der Waals surface area contributed by atoms with Crippen LogP contribution in [-0.2, 0) is 10.4 Å². The van der Waals surface area contributed by atoms with Crippen molar-refractivity contribution in [3.8, 4) is 45.8 Å². The summed E-state index contributed by atoms with van der Waals surface area (Å²) >= 11 is 0. The molecule has 7 rings (SSSR count). The number of nitrogens with one attached hydrogen (secondary N) is 1. The summed E-state index contributed by atoms with van der Waals surface area (Å²) in [6, 6.07) is 22.4. The van der Waals surface area contributed by atoms with Crippen molar-refractivity contribution in [3.63, 3.8) is 0 Å². The Hall–Kier alpha value is -6.50. The fourth-order valence-corrected chi connectivity index (χ4v) is 5.99. The average molecular weight is 664 g/mol. The summed E-state index contributed by atoms with van der Waals surface area (Å²) in [5.41, 5.74) is 6.45. The summed E-state index contributed by atoms with van der Waals surface area (Å²) in [4.78, 5) is 23.2. The van der Waals surface area contributed by atoms with Gasteiger partial charge in [0.1, 0.15) is 23.2 Å². The van der Waals surface area contributed by atoms with Gasteiger partial charge in [-0.25, -0.2) is 14.2 Å². The zero-order valence-corrected chi connectivity index (χ0v) is 25.8. The van der Waals surface area contributed by atoms with E-state index in [2.05, 4.69) is 9.98 Å². The first kappa shape index (κ1) is 31.1. The Morgan fingerprint density at radius 3 is 2.27 bits per heavy atom. The molecule has 2 heterocycles. The highest BCUT2D eigenvalue weighted by molar-refractivity contribution is 6.02. The van der Waals surface area contributed by atoms with Crippen molar-refractivity contribution in [1.82, 2.24) is 9.88 Å².